The highest BCUT2D eigenvalue weighted by atomic mass is 32.5. The molecular weight excluding hydrogens is 460 g/mol. The van der Waals surface area contributed by atoms with Crippen LogP contribution < -0.4 is 0 Å². The normalized spacial score (nSPS) is 17.8. The molecule has 2 aromatic carbocycles. The molecule has 9 heteroatoms. The summed E-state index contributed by atoms with van der Waals surface area (Å²) < 4.78 is 54.3. The zero-order valence-corrected chi connectivity index (χ0v) is 20.1. The number of carbonyl (C=O) groups is 1. The first-order valence-corrected chi connectivity index (χ1v) is 12.9. The number of halogens is 3. The van der Waals surface area contributed by atoms with E-state index in [1.54, 1.807) is 13.8 Å². The molecule has 0 aromatic heterocycles. The molecule has 4 nitrogen and oxygen atoms in total. The van der Waals surface area contributed by atoms with E-state index in [1.165, 1.54) is 6.66 Å². The SMILES string of the molecule is Cc1ccc(-c2ccccc2)c(C)c1C1=C(OP(C)(=S)OCC(F)(F)F)C(C)(C)OC1=O. The Hall–Kier alpha value is -2.15. The monoisotopic (exact) mass is 484 g/mol. The average molecular weight is 484 g/mol. The quantitative estimate of drug-likeness (QED) is 0.344. The predicted molar refractivity (Wildman–Crippen MR) is 122 cm³/mol. The van der Waals surface area contributed by atoms with E-state index in [9.17, 15) is 18.0 Å². The number of rotatable bonds is 6. The van der Waals surface area contributed by atoms with Crippen molar-refractivity contribution in [3.63, 3.8) is 0 Å². The molecule has 1 unspecified atom stereocenters. The van der Waals surface area contributed by atoms with E-state index >= 15 is 0 Å². The van der Waals surface area contributed by atoms with Crippen LogP contribution in [0.5, 0.6) is 0 Å². The minimum absolute atomic E-state index is 0.0897. The van der Waals surface area contributed by atoms with Crippen molar-refractivity contribution >= 4 is 29.8 Å². The molecule has 172 valence electrons. The summed E-state index contributed by atoms with van der Waals surface area (Å²) in [5.74, 6) is -0.529. The number of carbonyl (C=O) groups excluding carboxylic acids is 1. The lowest BCUT2D eigenvalue weighted by molar-refractivity contribution is -0.153. The molecule has 1 aliphatic rings. The van der Waals surface area contributed by atoms with Gasteiger partial charge in [-0.1, -0.05) is 42.5 Å². The highest BCUT2D eigenvalue weighted by Crippen LogP contribution is 2.53. The second kappa shape index (κ2) is 8.65. The van der Waals surface area contributed by atoms with Crippen LogP contribution in [-0.2, 0) is 30.4 Å². The van der Waals surface area contributed by atoms with Gasteiger partial charge in [0, 0.05) is 6.66 Å². The van der Waals surface area contributed by atoms with E-state index in [4.69, 9.17) is 25.6 Å². The van der Waals surface area contributed by atoms with E-state index in [0.29, 0.717) is 5.56 Å². The van der Waals surface area contributed by atoms with Crippen LogP contribution in [-0.4, -0.2) is 31.0 Å². The van der Waals surface area contributed by atoms with Crippen LogP contribution in [0.1, 0.15) is 30.5 Å². The molecule has 0 radical (unpaired) electrons. The highest BCUT2D eigenvalue weighted by Gasteiger charge is 2.46. The third-order valence-electron chi connectivity index (χ3n) is 5.05. The van der Waals surface area contributed by atoms with Crippen LogP contribution in [0.4, 0.5) is 13.2 Å². The fourth-order valence-corrected chi connectivity index (χ4v) is 5.10. The Morgan fingerprint density at radius 2 is 1.72 bits per heavy atom. The molecule has 1 aliphatic heterocycles. The predicted octanol–water partition coefficient (Wildman–Crippen LogP) is 6.55. The maximum absolute atomic E-state index is 13.0. The van der Waals surface area contributed by atoms with Gasteiger partial charge in [-0.3, -0.25) is 0 Å². The van der Waals surface area contributed by atoms with Gasteiger partial charge in [0.1, 0.15) is 5.57 Å². The zero-order valence-electron chi connectivity index (χ0n) is 18.4. The summed E-state index contributed by atoms with van der Waals surface area (Å²) in [5.41, 5.74) is 3.07. The third kappa shape index (κ3) is 5.25. The molecule has 0 saturated carbocycles. The van der Waals surface area contributed by atoms with Gasteiger partial charge in [0.2, 0.25) is 6.49 Å². The lowest BCUT2D eigenvalue weighted by atomic mass is 9.88. The number of alkyl halides is 3. The van der Waals surface area contributed by atoms with E-state index in [0.717, 1.165) is 22.3 Å². The van der Waals surface area contributed by atoms with E-state index < -0.39 is 30.8 Å². The summed E-state index contributed by atoms with van der Waals surface area (Å²) in [5, 5.41) is 0. The van der Waals surface area contributed by atoms with Crippen molar-refractivity contribution in [3.05, 3.63) is 64.9 Å². The van der Waals surface area contributed by atoms with Crippen LogP contribution in [0.3, 0.4) is 0 Å². The van der Waals surface area contributed by atoms with E-state index in [2.05, 4.69) is 0 Å². The Morgan fingerprint density at radius 1 is 1.09 bits per heavy atom. The maximum atomic E-state index is 13.0. The van der Waals surface area contributed by atoms with Crippen molar-refractivity contribution in [2.75, 3.05) is 13.3 Å². The van der Waals surface area contributed by atoms with Crippen molar-refractivity contribution in [1.29, 1.82) is 0 Å². The minimum Gasteiger partial charge on any atom is -0.448 e. The molecule has 0 saturated heterocycles. The molecule has 0 bridgehead atoms. The fraction of sp³-hybridized carbons (Fsp3) is 0.348. The molecule has 0 spiro atoms. The topological polar surface area (TPSA) is 44.8 Å². The molecule has 0 N–H and O–H groups in total. The smallest absolute Gasteiger partial charge is 0.412 e. The minimum atomic E-state index is -4.55. The van der Waals surface area contributed by atoms with Gasteiger partial charge in [-0.05, 0) is 67.3 Å². The van der Waals surface area contributed by atoms with Crippen LogP contribution >= 0.6 is 6.49 Å². The maximum Gasteiger partial charge on any atom is 0.412 e. The number of aryl methyl sites for hydroxylation is 1. The van der Waals surface area contributed by atoms with Crippen LogP contribution in [0.25, 0.3) is 16.7 Å². The van der Waals surface area contributed by atoms with Crippen molar-refractivity contribution < 1.29 is 31.8 Å². The largest absolute Gasteiger partial charge is 0.448 e. The van der Waals surface area contributed by atoms with Gasteiger partial charge in [0.05, 0.1) is 0 Å². The Labute approximate surface area is 190 Å². The molecule has 32 heavy (non-hydrogen) atoms. The number of hydrogen-bond donors (Lipinski definition) is 0. The summed E-state index contributed by atoms with van der Waals surface area (Å²) in [6, 6.07) is 13.5. The molecule has 0 aliphatic carbocycles. The first-order chi connectivity index (χ1) is 14.7. The average Bonchev–Trinajstić information content (AvgIpc) is 2.89. The Kier molecular flexibility index (Phi) is 6.62. The number of hydrogen-bond acceptors (Lipinski definition) is 5. The Bertz CT molecular complexity index is 1120. The Balaban J connectivity index is 2.15. The van der Waals surface area contributed by atoms with Crippen molar-refractivity contribution in [1.82, 2.24) is 0 Å². The number of benzene rings is 2. The molecular formula is C23H24F3O4PS. The van der Waals surface area contributed by atoms with E-state index in [1.807, 2.05) is 56.3 Å². The molecule has 1 atom stereocenters. The van der Waals surface area contributed by atoms with Gasteiger partial charge in [-0.15, -0.1) is 0 Å². The molecule has 1 heterocycles. The first-order valence-electron chi connectivity index (χ1n) is 9.84. The lowest BCUT2D eigenvalue weighted by Gasteiger charge is -2.27. The second-order valence-electron chi connectivity index (χ2n) is 8.15. The number of esters is 1. The van der Waals surface area contributed by atoms with Gasteiger partial charge >= 0.3 is 12.1 Å². The van der Waals surface area contributed by atoms with Crippen molar-refractivity contribution in [2.24, 2.45) is 0 Å². The molecule has 2 aromatic rings. The summed E-state index contributed by atoms with van der Waals surface area (Å²) >= 11 is 5.23. The van der Waals surface area contributed by atoms with Gasteiger partial charge < -0.3 is 13.8 Å². The van der Waals surface area contributed by atoms with Gasteiger partial charge in [-0.25, -0.2) is 4.79 Å². The summed E-state index contributed by atoms with van der Waals surface area (Å²) in [4.78, 5) is 13.0. The molecule has 3 rings (SSSR count). The first kappa shape index (κ1) is 24.5. The lowest BCUT2D eigenvalue weighted by Crippen LogP contribution is -2.24. The van der Waals surface area contributed by atoms with Crippen LogP contribution in [0, 0.1) is 13.8 Å². The number of cyclic esters (lactones) is 1. The second-order valence-corrected chi connectivity index (χ2v) is 12.1. The molecule has 0 fully saturated rings. The third-order valence-corrected chi connectivity index (χ3v) is 6.71. The van der Waals surface area contributed by atoms with Crippen LogP contribution in [0.2, 0.25) is 0 Å². The van der Waals surface area contributed by atoms with Gasteiger partial charge in [-0.2, -0.15) is 13.2 Å². The standard InChI is InChI=1S/C23H24F3O4PS/c1-14-11-12-17(16-9-7-6-8-10-16)15(2)18(14)19-20(22(3,4)29-21(19)27)30-31(5,32)28-13-23(24,25)26/h6-12H,13H2,1-5H3. The number of ether oxygens (including phenoxy) is 1. The fourth-order valence-electron chi connectivity index (χ4n) is 3.64. The molecule has 0 amide bonds. The summed E-state index contributed by atoms with van der Waals surface area (Å²) in [6.45, 7) is 3.35. The highest BCUT2D eigenvalue weighted by molar-refractivity contribution is 8.09. The van der Waals surface area contributed by atoms with Crippen LogP contribution in [0.15, 0.2) is 48.2 Å². The summed E-state index contributed by atoms with van der Waals surface area (Å²) in [7, 11) is 0. The van der Waals surface area contributed by atoms with E-state index in [-0.39, 0.29) is 11.3 Å². The van der Waals surface area contributed by atoms with Crippen molar-refractivity contribution in [2.45, 2.75) is 39.5 Å². The summed E-state index contributed by atoms with van der Waals surface area (Å²) in [6.07, 6.45) is -4.55. The van der Waals surface area contributed by atoms with Gasteiger partial charge in [0.15, 0.2) is 18.0 Å². The Morgan fingerprint density at radius 3 is 2.31 bits per heavy atom. The van der Waals surface area contributed by atoms with Gasteiger partial charge in [0.25, 0.3) is 0 Å². The van der Waals surface area contributed by atoms with Crippen molar-refractivity contribution in [3.8, 4) is 11.1 Å². The zero-order chi connectivity index (χ0) is 23.9.